The minimum Gasteiger partial charge on any atom is -0.354 e. The molecule has 0 aromatic rings. The maximum absolute atomic E-state index is 12.1. The quantitative estimate of drug-likeness (QED) is 0.755. The predicted octanol–water partition coefficient (Wildman–Crippen LogP) is 0.711. The number of piperidine rings is 1. The highest BCUT2D eigenvalue weighted by atomic mass is 16.2. The Morgan fingerprint density at radius 1 is 1.59 bits per heavy atom. The third-order valence-corrected chi connectivity index (χ3v) is 3.46. The van der Waals surface area contributed by atoms with Crippen molar-refractivity contribution in [2.24, 2.45) is 5.41 Å². The van der Waals surface area contributed by atoms with Gasteiger partial charge in [-0.25, -0.2) is 0 Å². The second kappa shape index (κ2) is 5.67. The van der Waals surface area contributed by atoms with Gasteiger partial charge in [-0.2, -0.15) is 5.26 Å². The average Bonchev–Trinajstić information content (AvgIpc) is 2.35. The van der Waals surface area contributed by atoms with Gasteiger partial charge in [-0.05, 0) is 19.3 Å². The summed E-state index contributed by atoms with van der Waals surface area (Å²) in [5.41, 5.74) is -0.929. The van der Waals surface area contributed by atoms with E-state index in [1.54, 1.807) is 0 Å². The summed E-state index contributed by atoms with van der Waals surface area (Å²) in [5, 5.41) is 14.7. The second-order valence-corrected chi connectivity index (χ2v) is 4.41. The first kappa shape index (κ1) is 13.5. The number of nitriles is 1. The normalized spacial score (nSPS) is 20.3. The Balaban J connectivity index is 2.59. The van der Waals surface area contributed by atoms with Crippen molar-refractivity contribution in [2.45, 2.75) is 45.6 Å². The zero-order valence-corrected chi connectivity index (χ0v) is 10.4. The van der Waals surface area contributed by atoms with Crippen LogP contribution in [-0.4, -0.2) is 24.4 Å². The van der Waals surface area contributed by atoms with E-state index in [9.17, 15) is 9.59 Å². The highest BCUT2D eigenvalue weighted by Gasteiger charge is 2.36. The van der Waals surface area contributed by atoms with Gasteiger partial charge >= 0.3 is 0 Å². The Bertz CT molecular complexity index is 332. The average molecular weight is 237 g/mol. The zero-order valence-electron chi connectivity index (χ0n) is 10.4. The molecule has 1 aliphatic heterocycles. The van der Waals surface area contributed by atoms with Crippen LogP contribution in [0.25, 0.3) is 0 Å². The van der Waals surface area contributed by atoms with Crippen molar-refractivity contribution < 1.29 is 9.59 Å². The Morgan fingerprint density at radius 2 is 2.24 bits per heavy atom. The van der Waals surface area contributed by atoms with Gasteiger partial charge in [-0.15, -0.1) is 0 Å². The molecule has 0 aromatic carbocycles. The Hall–Kier alpha value is -1.57. The minimum absolute atomic E-state index is 0.0213. The number of hydrogen-bond donors (Lipinski definition) is 2. The number of nitrogens with zero attached hydrogens (tertiary/aromatic N) is 1. The summed E-state index contributed by atoms with van der Waals surface area (Å²) in [4.78, 5) is 23.0. The molecular formula is C12H19N3O2. The van der Waals surface area contributed by atoms with Gasteiger partial charge in [-0.1, -0.05) is 13.8 Å². The van der Waals surface area contributed by atoms with E-state index in [1.807, 2.05) is 13.8 Å². The van der Waals surface area contributed by atoms with Crippen molar-refractivity contribution >= 4 is 11.8 Å². The number of hydrogen-bond acceptors (Lipinski definition) is 3. The van der Waals surface area contributed by atoms with Crippen molar-refractivity contribution in [1.29, 1.82) is 5.26 Å². The molecule has 1 heterocycles. The van der Waals surface area contributed by atoms with Crippen molar-refractivity contribution in [3.05, 3.63) is 0 Å². The molecular weight excluding hydrogens is 218 g/mol. The summed E-state index contributed by atoms with van der Waals surface area (Å²) < 4.78 is 0. The number of nitrogens with one attached hydrogen (secondary N) is 2. The molecule has 5 nitrogen and oxygen atoms in total. The van der Waals surface area contributed by atoms with Crippen molar-refractivity contribution in [2.75, 3.05) is 6.54 Å². The van der Waals surface area contributed by atoms with Crippen LogP contribution >= 0.6 is 0 Å². The Morgan fingerprint density at radius 3 is 2.65 bits per heavy atom. The molecule has 1 aliphatic rings. The molecule has 0 aromatic heterocycles. The molecule has 17 heavy (non-hydrogen) atoms. The molecule has 1 fully saturated rings. The zero-order chi connectivity index (χ0) is 12.9. The third-order valence-electron chi connectivity index (χ3n) is 3.46. The lowest BCUT2D eigenvalue weighted by Gasteiger charge is -2.28. The largest absolute Gasteiger partial charge is 0.354 e. The summed E-state index contributed by atoms with van der Waals surface area (Å²) in [5.74, 6) is -0.195. The van der Waals surface area contributed by atoms with E-state index in [2.05, 4.69) is 16.7 Å². The molecule has 2 N–H and O–H groups in total. The standard InChI is InChI=1S/C12H19N3O2/c1-3-12(4-2,8-13)11(17)15-9-5-6-10(16)14-7-9/h9H,3-7H2,1-2H3,(H,14,16)(H,15,17). The topological polar surface area (TPSA) is 82.0 Å². The fourth-order valence-electron chi connectivity index (χ4n) is 1.96. The van der Waals surface area contributed by atoms with E-state index in [1.165, 1.54) is 0 Å². The van der Waals surface area contributed by atoms with Crippen LogP contribution in [0.5, 0.6) is 0 Å². The highest BCUT2D eigenvalue weighted by Crippen LogP contribution is 2.25. The van der Waals surface area contributed by atoms with Crippen LogP contribution in [0.1, 0.15) is 39.5 Å². The molecule has 0 aliphatic carbocycles. The molecule has 1 unspecified atom stereocenters. The van der Waals surface area contributed by atoms with Crippen LogP contribution in [-0.2, 0) is 9.59 Å². The minimum atomic E-state index is -0.929. The van der Waals surface area contributed by atoms with Crippen LogP contribution < -0.4 is 10.6 Å². The first-order valence-corrected chi connectivity index (χ1v) is 6.07. The van der Waals surface area contributed by atoms with Crippen LogP contribution in [0.2, 0.25) is 0 Å². The summed E-state index contributed by atoms with van der Waals surface area (Å²) >= 11 is 0. The fourth-order valence-corrected chi connectivity index (χ4v) is 1.96. The van der Waals surface area contributed by atoms with Crippen molar-refractivity contribution in [3.8, 4) is 6.07 Å². The van der Waals surface area contributed by atoms with E-state index >= 15 is 0 Å². The van der Waals surface area contributed by atoms with E-state index in [0.717, 1.165) is 0 Å². The molecule has 0 spiro atoms. The Labute approximate surface area is 102 Å². The number of amides is 2. The molecule has 0 radical (unpaired) electrons. The number of rotatable bonds is 4. The van der Waals surface area contributed by atoms with Gasteiger partial charge in [0.25, 0.3) is 0 Å². The summed E-state index contributed by atoms with van der Waals surface area (Å²) in [6.07, 6.45) is 2.09. The van der Waals surface area contributed by atoms with Gasteiger partial charge in [0.05, 0.1) is 6.07 Å². The maximum Gasteiger partial charge on any atom is 0.240 e. The van der Waals surface area contributed by atoms with E-state index < -0.39 is 5.41 Å². The highest BCUT2D eigenvalue weighted by molar-refractivity contribution is 5.86. The van der Waals surface area contributed by atoms with Gasteiger partial charge in [-0.3, -0.25) is 9.59 Å². The lowest BCUT2D eigenvalue weighted by atomic mass is 9.82. The van der Waals surface area contributed by atoms with Gasteiger partial charge in [0, 0.05) is 19.0 Å². The van der Waals surface area contributed by atoms with E-state index in [4.69, 9.17) is 5.26 Å². The molecule has 0 saturated carbocycles. The first-order chi connectivity index (χ1) is 8.07. The van der Waals surface area contributed by atoms with Crippen molar-refractivity contribution in [1.82, 2.24) is 10.6 Å². The Kier molecular flexibility index (Phi) is 4.50. The predicted molar refractivity (Wildman–Crippen MR) is 62.8 cm³/mol. The molecule has 1 atom stereocenters. The number of carbonyl (C=O) groups excluding carboxylic acids is 2. The van der Waals surface area contributed by atoms with Crippen molar-refractivity contribution in [3.63, 3.8) is 0 Å². The summed E-state index contributed by atoms with van der Waals surface area (Å²) in [6.45, 7) is 4.14. The van der Waals surface area contributed by atoms with E-state index in [-0.39, 0.29) is 17.9 Å². The van der Waals surface area contributed by atoms with Crippen LogP contribution in [0.15, 0.2) is 0 Å². The van der Waals surface area contributed by atoms with Gasteiger partial charge < -0.3 is 10.6 Å². The van der Waals surface area contributed by atoms with Gasteiger partial charge in [0.1, 0.15) is 5.41 Å². The summed E-state index contributed by atoms with van der Waals surface area (Å²) in [6, 6.07) is 2.06. The number of carbonyl (C=O) groups is 2. The fraction of sp³-hybridized carbons (Fsp3) is 0.750. The van der Waals surface area contributed by atoms with Crippen LogP contribution in [0.3, 0.4) is 0 Å². The lowest BCUT2D eigenvalue weighted by Crippen LogP contribution is -2.51. The monoisotopic (exact) mass is 237 g/mol. The van der Waals surface area contributed by atoms with Gasteiger partial charge in [0.15, 0.2) is 0 Å². The molecule has 1 saturated heterocycles. The molecule has 94 valence electrons. The molecule has 1 rings (SSSR count). The van der Waals surface area contributed by atoms with E-state index in [0.29, 0.717) is 32.2 Å². The maximum atomic E-state index is 12.1. The van der Waals surface area contributed by atoms with Crippen LogP contribution in [0, 0.1) is 16.7 Å². The molecule has 2 amide bonds. The smallest absolute Gasteiger partial charge is 0.240 e. The third kappa shape index (κ3) is 2.96. The second-order valence-electron chi connectivity index (χ2n) is 4.41. The summed E-state index contributed by atoms with van der Waals surface area (Å²) in [7, 11) is 0. The van der Waals surface area contributed by atoms with Crippen LogP contribution in [0.4, 0.5) is 0 Å². The SMILES string of the molecule is CCC(C#N)(CC)C(=O)NC1CCC(=O)NC1. The molecule has 0 bridgehead atoms. The first-order valence-electron chi connectivity index (χ1n) is 6.07. The lowest BCUT2D eigenvalue weighted by molar-refractivity contribution is -0.130. The molecule has 5 heteroatoms. The van der Waals surface area contributed by atoms with Gasteiger partial charge in [0.2, 0.25) is 11.8 Å².